The van der Waals surface area contributed by atoms with Crippen molar-refractivity contribution in [3.63, 3.8) is 0 Å². The van der Waals surface area contributed by atoms with E-state index < -0.39 is 12.1 Å². The molecule has 20 heavy (non-hydrogen) atoms. The predicted octanol–water partition coefficient (Wildman–Crippen LogP) is 1.17. The summed E-state index contributed by atoms with van der Waals surface area (Å²) in [7, 11) is 0. The molecule has 1 aliphatic heterocycles. The first-order valence-electron chi connectivity index (χ1n) is 7.10. The third-order valence-electron chi connectivity index (χ3n) is 3.55. The summed E-state index contributed by atoms with van der Waals surface area (Å²) in [5.41, 5.74) is 0.688. The first-order chi connectivity index (χ1) is 9.43. The third kappa shape index (κ3) is 2.69. The lowest BCUT2D eigenvalue weighted by Gasteiger charge is -2.37. The van der Waals surface area contributed by atoms with Crippen molar-refractivity contribution in [2.45, 2.75) is 52.7 Å². The average Bonchev–Trinajstić information content (AvgIpc) is 2.84. The SMILES string of the molecule is CCn1cc(N2C(=O)C(CC(C)C)NC(=O)C2C)cn1. The number of carbonyl (C=O) groups excluding carboxylic acids is 2. The van der Waals surface area contributed by atoms with Gasteiger partial charge in [0.2, 0.25) is 11.8 Å². The molecule has 1 fully saturated rings. The number of aryl methyl sites for hydroxylation is 1. The highest BCUT2D eigenvalue weighted by atomic mass is 16.2. The zero-order chi connectivity index (χ0) is 14.9. The van der Waals surface area contributed by atoms with Gasteiger partial charge in [-0.25, -0.2) is 0 Å². The van der Waals surface area contributed by atoms with Gasteiger partial charge in [0, 0.05) is 12.7 Å². The number of anilines is 1. The Balaban J connectivity index is 2.28. The Morgan fingerprint density at radius 2 is 2.10 bits per heavy atom. The van der Waals surface area contributed by atoms with Gasteiger partial charge in [-0.3, -0.25) is 19.2 Å². The standard InChI is InChI=1S/C14H22N4O2/c1-5-17-8-11(7-15-17)18-10(4)13(19)16-12(14(18)20)6-9(2)3/h7-10,12H,5-6H2,1-4H3,(H,16,19). The highest BCUT2D eigenvalue weighted by Gasteiger charge is 2.39. The summed E-state index contributed by atoms with van der Waals surface area (Å²) < 4.78 is 1.75. The molecule has 1 aromatic heterocycles. The Morgan fingerprint density at radius 1 is 1.40 bits per heavy atom. The minimum Gasteiger partial charge on any atom is -0.342 e. The number of nitrogens with zero attached hydrogens (tertiary/aromatic N) is 3. The fourth-order valence-electron chi connectivity index (χ4n) is 2.46. The van der Waals surface area contributed by atoms with E-state index in [1.807, 2.05) is 20.8 Å². The molecule has 2 unspecified atom stereocenters. The zero-order valence-electron chi connectivity index (χ0n) is 12.5. The monoisotopic (exact) mass is 278 g/mol. The minimum atomic E-state index is -0.500. The van der Waals surface area contributed by atoms with Gasteiger partial charge in [0.15, 0.2) is 0 Å². The van der Waals surface area contributed by atoms with Crippen LogP contribution in [0.4, 0.5) is 5.69 Å². The van der Waals surface area contributed by atoms with Crippen molar-refractivity contribution >= 4 is 17.5 Å². The van der Waals surface area contributed by atoms with Gasteiger partial charge >= 0.3 is 0 Å². The molecular formula is C14H22N4O2. The van der Waals surface area contributed by atoms with Crippen LogP contribution in [0.1, 0.15) is 34.1 Å². The molecule has 0 aliphatic carbocycles. The van der Waals surface area contributed by atoms with Gasteiger partial charge in [-0.1, -0.05) is 13.8 Å². The van der Waals surface area contributed by atoms with E-state index in [9.17, 15) is 9.59 Å². The van der Waals surface area contributed by atoms with Crippen molar-refractivity contribution < 1.29 is 9.59 Å². The number of hydrogen-bond acceptors (Lipinski definition) is 3. The van der Waals surface area contributed by atoms with E-state index in [4.69, 9.17) is 0 Å². The molecule has 1 N–H and O–H groups in total. The molecule has 1 aliphatic rings. The van der Waals surface area contributed by atoms with Gasteiger partial charge < -0.3 is 5.32 Å². The Kier molecular flexibility index (Phi) is 4.11. The van der Waals surface area contributed by atoms with E-state index in [-0.39, 0.29) is 11.8 Å². The number of carbonyl (C=O) groups is 2. The molecular weight excluding hydrogens is 256 g/mol. The number of piperazine rings is 1. The Hall–Kier alpha value is -1.85. The smallest absolute Gasteiger partial charge is 0.250 e. The van der Waals surface area contributed by atoms with Crippen LogP contribution < -0.4 is 10.2 Å². The quantitative estimate of drug-likeness (QED) is 0.899. The molecule has 0 spiro atoms. The van der Waals surface area contributed by atoms with E-state index in [1.54, 1.807) is 28.9 Å². The highest BCUT2D eigenvalue weighted by molar-refractivity contribution is 6.08. The topological polar surface area (TPSA) is 67.2 Å². The second kappa shape index (κ2) is 5.64. The van der Waals surface area contributed by atoms with Crippen molar-refractivity contribution in [2.24, 2.45) is 5.92 Å². The van der Waals surface area contributed by atoms with Crippen LogP contribution in [0.3, 0.4) is 0 Å². The lowest BCUT2D eigenvalue weighted by molar-refractivity contribution is -0.133. The number of rotatable bonds is 4. The van der Waals surface area contributed by atoms with E-state index >= 15 is 0 Å². The lowest BCUT2D eigenvalue weighted by atomic mass is 9.99. The van der Waals surface area contributed by atoms with Crippen molar-refractivity contribution in [1.29, 1.82) is 0 Å². The summed E-state index contributed by atoms with van der Waals surface area (Å²) in [6.07, 6.45) is 4.10. The van der Waals surface area contributed by atoms with Gasteiger partial charge in [-0.15, -0.1) is 0 Å². The molecule has 6 heteroatoms. The van der Waals surface area contributed by atoms with Crippen LogP contribution in [0.25, 0.3) is 0 Å². The summed E-state index contributed by atoms with van der Waals surface area (Å²) >= 11 is 0. The zero-order valence-corrected chi connectivity index (χ0v) is 12.5. The second-order valence-electron chi connectivity index (χ2n) is 5.63. The van der Waals surface area contributed by atoms with Gasteiger partial charge in [-0.05, 0) is 26.2 Å². The number of hydrogen-bond donors (Lipinski definition) is 1. The summed E-state index contributed by atoms with van der Waals surface area (Å²) in [6, 6.07) is -0.941. The first-order valence-corrected chi connectivity index (χ1v) is 7.10. The van der Waals surface area contributed by atoms with Crippen molar-refractivity contribution in [2.75, 3.05) is 4.90 Å². The van der Waals surface area contributed by atoms with Gasteiger partial charge in [0.05, 0.1) is 11.9 Å². The third-order valence-corrected chi connectivity index (χ3v) is 3.55. The highest BCUT2D eigenvalue weighted by Crippen LogP contribution is 2.22. The Labute approximate surface area is 119 Å². The molecule has 2 heterocycles. The molecule has 110 valence electrons. The molecule has 1 saturated heterocycles. The van der Waals surface area contributed by atoms with Crippen LogP contribution in [0, 0.1) is 5.92 Å². The molecule has 0 bridgehead atoms. The van der Waals surface area contributed by atoms with Crippen molar-refractivity contribution in [3.8, 4) is 0 Å². The largest absolute Gasteiger partial charge is 0.342 e. The predicted molar refractivity (Wildman–Crippen MR) is 76.2 cm³/mol. The first kappa shape index (κ1) is 14.6. The maximum Gasteiger partial charge on any atom is 0.250 e. The van der Waals surface area contributed by atoms with E-state index in [0.29, 0.717) is 18.0 Å². The van der Waals surface area contributed by atoms with Gasteiger partial charge in [-0.2, -0.15) is 5.10 Å². The Bertz CT molecular complexity index is 509. The lowest BCUT2D eigenvalue weighted by Crippen LogP contribution is -2.62. The van der Waals surface area contributed by atoms with E-state index in [0.717, 1.165) is 6.54 Å². The molecule has 0 saturated carbocycles. The van der Waals surface area contributed by atoms with Gasteiger partial charge in [0.25, 0.3) is 0 Å². The van der Waals surface area contributed by atoms with Crippen LogP contribution in [-0.2, 0) is 16.1 Å². The number of amides is 2. The molecule has 0 aromatic carbocycles. The van der Waals surface area contributed by atoms with Crippen molar-refractivity contribution in [3.05, 3.63) is 12.4 Å². The van der Waals surface area contributed by atoms with E-state index in [1.165, 1.54) is 0 Å². The fraction of sp³-hybridized carbons (Fsp3) is 0.643. The molecule has 0 radical (unpaired) electrons. The summed E-state index contributed by atoms with van der Waals surface area (Å²) in [6.45, 7) is 8.53. The van der Waals surface area contributed by atoms with Crippen LogP contribution in [0.5, 0.6) is 0 Å². The van der Waals surface area contributed by atoms with Crippen LogP contribution >= 0.6 is 0 Å². The van der Waals surface area contributed by atoms with Crippen LogP contribution in [0.15, 0.2) is 12.4 Å². The summed E-state index contributed by atoms with van der Waals surface area (Å²) in [4.78, 5) is 26.2. The van der Waals surface area contributed by atoms with E-state index in [2.05, 4.69) is 10.4 Å². The number of aromatic nitrogens is 2. The maximum atomic E-state index is 12.6. The van der Waals surface area contributed by atoms with Crippen LogP contribution in [-0.4, -0.2) is 33.7 Å². The maximum absolute atomic E-state index is 12.6. The average molecular weight is 278 g/mol. The molecule has 2 rings (SSSR count). The summed E-state index contributed by atoms with van der Waals surface area (Å²) in [5, 5.41) is 6.99. The second-order valence-corrected chi connectivity index (χ2v) is 5.63. The molecule has 2 atom stereocenters. The van der Waals surface area contributed by atoms with Crippen LogP contribution in [0.2, 0.25) is 0 Å². The number of nitrogens with one attached hydrogen (secondary N) is 1. The van der Waals surface area contributed by atoms with Gasteiger partial charge in [0.1, 0.15) is 12.1 Å². The Morgan fingerprint density at radius 3 is 2.65 bits per heavy atom. The normalized spacial score (nSPS) is 23.4. The molecule has 1 aromatic rings. The molecule has 6 nitrogen and oxygen atoms in total. The minimum absolute atomic E-state index is 0.0542. The molecule has 2 amide bonds. The van der Waals surface area contributed by atoms with Crippen molar-refractivity contribution in [1.82, 2.24) is 15.1 Å². The fourth-order valence-corrected chi connectivity index (χ4v) is 2.46. The summed E-state index contributed by atoms with van der Waals surface area (Å²) in [5.74, 6) is 0.179.